The molecule has 1 aliphatic rings. The molecule has 0 saturated carbocycles. The number of furan rings is 1. The van der Waals surface area contributed by atoms with Crippen LogP contribution in [-0.2, 0) is 19.4 Å². The highest BCUT2D eigenvalue weighted by molar-refractivity contribution is 5.99. The number of nitrogens with one attached hydrogen (secondary N) is 2. The summed E-state index contributed by atoms with van der Waals surface area (Å²) in [4.78, 5) is 14.9. The lowest BCUT2D eigenvalue weighted by atomic mass is 9.93. The molecule has 1 unspecified atom stereocenters. The van der Waals surface area contributed by atoms with Crippen molar-refractivity contribution < 1.29 is 9.21 Å². The average Bonchev–Trinajstić information content (AvgIpc) is 3.19. The Balaban J connectivity index is 1.59. The molecular weight excluding hydrogens is 316 g/mol. The molecule has 6 heteroatoms. The summed E-state index contributed by atoms with van der Waals surface area (Å²) < 4.78 is 5.90. The number of nitrogens with zero attached hydrogens (tertiary/aromatic N) is 2. The molecular formula is C19H22N4O2. The molecule has 2 N–H and O–H groups in total. The Labute approximate surface area is 146 Å². The highest BCUT2D eigenvalue weighted by atomic mass is 16.3. The number of hydrogen-bond acceptors (Lipinski definition) is 4. The molecule has 1 amide bonds. The maximum Gasteiger partial charge on any atom is 0.287 e. The summed E-state index contributed by atoms with van der Waals surface area (Å²) >= 11 is 0. The summed E-state index contributed by atoms with van der Waals surface area (Å²) in [5.74, 6) is 0.284. The molecule has 1 aliphatic carbocycles. The van der Waals surface area contributed by atoms with Gasteiger partial charge >= 0.3 is 0 Å². The van der Waals surface area contributed by atoms with Gasteiger partial charge in [0.05, 0.1) is 6.20 Å². The summed E-state index contributed by atoms with van der Waals surface area (Å²) in [6, 6.07) is 7.91. The summed E-state index contributed by atoms with van der Waals surface area (Å²) in [6.45, 7) is 0.662. The van der Waals surface area contributed by atoms with Crippen LogP contribution in [0.1, 0.15) is 33.8 Å². The molecule has 25 heavy (non-hydrogen) atoms. The van der Waals surface area contributed by atoms with Gasteiger partial charge in [-0.25, -0.2) is 0 Å². The van der Waals surface area contributed by atoms with E-state index in [4.69, 9.17) is 4.42 Å². The molecule has 130 valence electrons. The van der Waals surface area contributed by atoms with Crippen LogP contribution in [0.15, 0.2) is 34.9 Å². The summed E-state index contributed by atoms with van der Waals surface area (Å²) in [5, 5.41) is 11.3. The van der Waals surface area contributed by atoms with E-state index in [-0.39, 0.29) is 11.9 Å². The molecule has 0 fully saturated rings. The molecule has 6 nitrogen and oxygen atoms in total. The summed E-state index contributed by atoms with van der Waals surface area (Å²) in [6.07, 6.45) is 4.51. The van der Waals surface area contributed by atoms with Gasteiger partial charge in [0.1, 0.15) is 5.58 Å². The normalized spacial score (nSPS) is 17.0. The Morgan fingerprint density at radius 3 is 3.08 bits per heavy atom. The number of aryl methyl sites for hydroxylation is 1. The first-order valence-electron chi connectivity index (χ1n) is 8.59. The predicted octanol–water partition coefficient (Wildman–Crippen LogP) is 2.50. The minimum atomic E-state index is -0.138. The van der Waals surface area contributed by atoms with E-state index in [1.807, 2.05) is 49.5 Å². The number of benzene rings is 1. The first-order valence-corrected chi connectivity index (χ1v) is 8.59. The standard InChI is InChI=1S/C19H22N4O2/c1-23(2)11-15-14-5-3-4-6-17(14)25-18(15)19(24)21-13-8-7-12-10-20-22-16(12)9-13/h3-6,10,13H,7-9,11H2,1-2H3,(H,20,22)(H,21,24). The van der Waals surface area contributed by atoms with E-state index in [1.165, 1.54) is 5.56 Å². The topological polar surface area (TPSA) is 74.2 Å². The van der Waals surface area contributed by atoms with E-state index in [0.29, 0.717) is 12.3 Å². The second kappa shape index (κ2) is 6.37. The van der Waals surface area contributed by atoms with Crippen LogP contribution in [0, 0.1) is 0 Å². The zero-order chi connectivity index (χ0) is 17.4. The van der Waals surface area contributed by atoms with Gasteiger partial charge in [-0.05, 0) is 38.6 Å². The van der Waals surface area contributed by atoms with E-state index in [0.717, 1.165) is 41.5 Å². The Morgan fingerprint density at radius 2 is 2.24 bits per heavy atom. The molecule has 3 aromatic rings. The Bertz CT molecular complexity index is 909. The molecule has 4 rings (SSSR count). The third-order valence-corrected chi connectivity index (χ3v) is 4.73. The van der Waals surface area contributed by atoms with Gasteiger partial charge < -0.3 is 14.6 Å². The maximum absolute atomic E-state index is 12.9. The maximum atomic E-state index is 12.9. The minimum absolute atomic E-state index is 0.0980. The Morgan fingerprint density at radius 1 is 1.40 bits per heavy atom. The van der Waals surface area contributed by atoms with E-state index in [1.54, 1.807) is 0 Å². The Kier molecular flexibility index (Phi) is 4.05. The number of rotatable bonds is 4. The molecule has 2 aromatic heterocycles. The number of carbonyl (C=O) groups is 1. The third kappa shape index (κ3) is 3.05. The van der Waals surface area contributed by atoms with E-state index < -0.39 is 0 Å². The van der Waals surface area contributed by atoms with Crippen molar-refractivity contribution >= 4 is 16.9 Å². The monoisotopic (exact) mass is 338 g/mol. The van der Waals surface area contributed by atoms with Crippen molar-refractivity contribution in [2.45, 2.75) is 31.8 Å². The first-order chi connectivity index (χ1) is 12.1. The molecule has 0 bridgehead atoms. The van der Waals surface area contributed by atoms with Crippen molar-refractivity contribution in [3.05, 3.63) is 53.0 Å². The van der Waals surface area contributed by atoms with Crippen LogP contribution in [0.3, 0.4) is 0 Å². The second-order valence-electron chi connectivity index (χ2n) is 6.93. The highest BCUT2D eigenvalue weighted by Crippen LogP contribution is 2.27. The number of aromatic amines is 1. The number of amides is 1. The van der Waals surface area contributed by atoms with E-state index in [2.05, 4.69) is 15.5 Å². The summed E-state index contributed by atoms with van der Waals surface area (Å²) in [5.41, 5.74) is 4.07. The van der Waals surface area contributed by atoms with E-state index in [9.17, 15) is 4.79 Å². The second-order valence-corrected chi connectivity index (χ2v) is 6.93. The van der Waals surface area contributed by atoms with Crippen LogP contribution in [0.5, 0.6) is 0 Å². The number of hydrogen-bond donors (Lipinski definition) is 2. The molecule has 1 aromatic carbocycles. The number of aromatic nitrogens is 2. The zero-order valence-corrected chi connectivity index (χ0v) is 14.5. The third-order valence-electron chi connectivity index (χ3n) is 4.73. The Hall–Kier alpha value is -2.60. The van der Waals surface area contributed by atoms with Gasteiger partial charge in [-0.1, -0.05) is 18.2 Å². The average molecular weight is 338 g/mol. The summed E-state index contributed by atoms with van der Waals surface area (Å²) in [7, 11) is 3.98. The number of H-pyrrole nitrogens is 1. The fraction of sp³-hybridized carbons (Fsp3) is 0.368. The number of fused-ring (bicyclic) bond motifs is 2. The highest BCUT2D eigenvalue weighted by Gasteiger charge is 2.26. The van der Waals surface area contributed by atoms with E-state index >= 15 is 0 Å². The SMILES string of the molecule is CN(C)Cc1c(C(=O)NC2CCc3cn[nH]c3C2)oc2ccccc12. The zero-order valence-electron chi connectivity index (χ0n) is 14.5. The van der Waals surface area contributed by atoms with Gasteiger partial charge in [-0.15, -0.1) is 0 Å². The molecule has 0 saturated heterocycles. The van der Waals surface area contributed by atoms with Crippen LogP contribution in [0.4, 0.5) is 0 Å². The van der Waals surface area contributed by atoms with Crippen molar-refractivity contribution in [3.8, 4) is 0 Å². The fourth-order valence-electron chi connectivity index (χ4n) is 3.54. The van der Waals surface area contributed by atoms with Crippen LogP contribution >= 0.6 is 0 Å². The minimum Gasteiger partial charge on any atom is -0.451 e. The van der Waals surface area contributed by atoms with Gasteiger partial charge in [0.15, 0.2) is 5.76 Å². The van der Waals surface area contributed by atoms with Crippen molar-refractivity contribution in [1.29, 1.82) is 0 Å². The smallest absolute Gasteiger partial charge is 0.287 e. The lowest BCUT2D eigenvalue weighted by Crippen LogP contribution is -2.39. The van der Waals surface area contributed by atoms with Crippen LogP contribution < -0.4 is 5.32 Å². The predicted molar refractivity (Wildman–Crippen MR) is 95.5 cm³/mol. The molecule has 1 atom stereocenters. The van der Waals surface area contributed by atoms with Crippen LogP contribution in [0.2, 0.25) is 0 Å². The largest absolute Gasteiger partial charge is 0.451 e. The lowest BCUT2D eigenvalue weighted by molar-refractivity contribution is 0.0905. The van der Waals surface area contributed by atoms with Crippen molar-refractivity contribution in [2.75, 3.05) is 14.1 Å². The lowest BCUT2D eigenvalue weighted by Gasteiger charge is -2.22. The van der Waals surface area contributed by atoms with Gasteiger partial charge in [-0.3, -0.25) is 9.89 Å². The van der Waals surface area contributed by atoms with Gasteiger partial charge in [0.2, 0.25) is 0 Å². The molecule has 2 heterocycles. The molecule has 0 spiro atoms. The quantitative estimate of drug-likeness (QED) is 0.766. The van der Waals surface area contributed by atoms with Gasteiger partial charge in [0.25, 0.3) is 5.91 Å². The number of carbonyl (C=O) groups excluding carboxylic acids is 1. The van der Waals surface area contributed by atoms with Crippen molar-refractivity contribution in [2.24, 2.45) is 0 Å². The first kappa shape index (κ1) is 15.9. The molecule has 0 aliphatic heterocycles. The van der Waals surface area contributed by atoms with Crippen LogP contribution in [-0.4, -0.2) is 41.1 Å². The fourth-order valence-corrected chi connectivity index (χ4v) is 3.54. The van der Waals surface area contributed by atoms with Crippen molar-refractivity contribution in [1.82, 2.24) is 20.4 Å². The number of para-hydroxylation sites is 1. The molecule has 0 radical (unpaired) electrons. The van der Waals surface area contributed by atoms with Crippen LogP contribution in [0.25, 0.3) is 11.0 Å². The van der Waals surface area contributed by atoms with Gasteiger partial charge in [-0.2, -0.15) is 5.10 Å². The van der Waals surface area contributed by atoms with Crippen molar-refractivity contribution in [3.63, 3.8) is 0 Å². The van der Waals surface area contributed by atoms with Gasteiger partial charge in [0, 0.05) is 35.7 Å².